The second-order valence-electron chi connectivity index (χ2n) is 4.84. The number of nitrogens with one attached hydrogen (secondary N) is 1. The summed E-state index contributed by atoms with van der Waals surface area (Å²) >= 11 is 0. The predicted molar refractivity (Wildman–Crippen MR) is 81.8 cm³/mol. The standard InChI is InChI=1S/C16H25NO4/c1-6-10-17-16(3,15(18)21-7-2)12-8-9-13(19-4)14(11-12)20-5/h8-9,11,17H,6-7,10H2,1-5H3. The summed E-state index contributed by atoms with van der Waals surface area (Å²) in [6.45, 7) is 6.72. The van der Waals surface area contributed by atoms with Crippen molar-refractivity contribution >= 4 is 5.97 Å². The highest BCUT2D eigenvalue weighted by Crippen LogP contribution is 2.32. The molecule has 0 spiro atoms. The number of carbonyl (C=O) groups excluding carboxylic acids is 1. The SMILES string of the molecule is CCCNC(C)(C(=O)OCC)c1ccc(OC)c(OC)c1. The van der Waals surface area contributed by atoms with E-state index in [1.807, 2.05) is 19.9 Å². The molecule has 0 aliphatic heterocycles. The summed E-state index contributed by atoms with van der Waals surface area (Å²) in [5.41, 5.74) is -0.127. The van der Waals surface area contributed by atoms with Gasteiger partial charge in [-0.1, -0.05) is 13.0 Å². The Labute approximate surface area is 126 Å². The summed E-state index contributed by atoms with van der Waals surface area (Å²) in [5.74, 6) is 0.914. The number of hydrogen-bond acceptors (Lipinski definition) is 5. The molecule has 0 bridgehead atoms. The molecule has 0 fully saturated rings. The van der Waals surface area contributed by atoms with Crippen LogP contribution in [0.3, 0.4) is 0 Å². The molecular weight excluding hydrogens is 270 g/mol. The lowest BCUT2D eigenvalue weighted by atomic mass is 9.91. The first-order valence-corrected chi connectivity index (χ1v) is 7.18. The van der Waals surface area contributed by atoms with E-state index in [1.165, 1.54) is 0 Å². The number of benzene rings is 1. The smallest absolute Gasteiger partial charge is 0.330 e. The van der Waals surface area contributed by atoms with Crippen LogP contribution in [0.25, 0.3) is 0 Å². The summed E-state index contributed by atoms with van der Waals surface area (Å²) in [6.07, 6.45) is 0.919. The summed E-state index contributed by atoms with van der Waals surface area (Å²) in [5, 5.41) is 3.26. The van der Waals surface area contributed by atoms with Gasteiger partial charge in [0.2, 0.25) is 0 Å². The van der Waals surface area contributed by atoms with Crippen LogP contribution >= 0.6 is 0 Å². The number of rotatable bonds is 8. The van der Waals surface area contributed by atoms with Crippen molar-refractivity contribution in [3.63, 3.8) is 0 Å². The number of esters is 1. The van der Waals surface area contributed by atoms with Gasteiger partial charge in [-0.3, -0.25) is 5.32 Å². The van der Waals surface area contributed by atoms with Gasteiger partial charge in [-0.25, -0.2) is 4.79 Å². The van der Waals surface area contributed by atoms with Crippen molar-refractivity contribution in [3.05, 3.63) is 23.8 Å². The number of hydrogen-bond donors (Lipinski definition) is 1. The normalized spacial score (nSPS) is 13.4. The Bertz CT molecular complexity index is 475. The van der Waals surface area contributed by atoms with Gasteiger partial charge in [-0.05, 0) is 44.5 Å². The molecule has 0 amide bonds. The van der Waals surface area contributed by atoms with E-state index in [0.29, 0.717) is 24.7 Å². The van der Waals surface area contributed by atoms with Gasteiger partial charge in [0.05, 0.1) is 20.8 Å². The Hall–Kier alpha value is -1.75. The van der Waals surface area contributed by atoms with Crippen molar-refractivity contribution in [1.29, 1.82) is 0 Å². The maximum Gasteiger partial charge on any atom is 0.330 e. The molecule has 1 aromatic rings. The fraction of sp³-hybridized carbons (Fsp3) is 0.562. The highest BCUT2D eigenvalue weighted by atomic mass is 16.5. The first-order valence-electron chi connectivity index (χ1n) is 7.18. The maximum absolute atomic E-state index is 12.4. The van der Waals surface area contributed by atoms with Crippen LogP contribution in [-0.2, 0) is 15.1 Å². The minimum Gasteiger partial charge on any atom is -0.493 e. The van der Waals surface area contributed by atoms with Crippen molar-refractivity contribution in [3.8, 4) is 11.5 Å². The molecule has 0 saturated carbocycles. The molecule has 1 atom stereocenters. The average molecular weight is 295 g/mol. The van der Waals surface area contributed by atoms with Gasteiger partial charge in [-0.15, -0.1) is 0 Å². The second kappa shape index (κ2) is 7.88. The first-order chi connectivity index (χ1) is 10.0. The van der Waals surface area contributed by atoms with Gasteiger partial charge in [-0.2, -0.15) is 0 Å². The molecule has 0 aromatic heterocycles. The highest BCUT2D eigenvalue weighted by molar-refractivity contribution is 5.82. The van der Waals surface area contributed by atoms with Gasteiger partial charge < -0.3 is 14.2 Å². The summed E-state index contributed by atoms with van der Waals surface area (Å²) in [6, 6.07) is 5.44. The van der Waals surface area contributed by atoms with Crippen molar-refractivity contribution in [2.45, 2.75) is 32.7 Å². The minimum atomic E-state index is -0.911. The Balaban J connectivity index is 3.22. The lowest BCUT2D eigenvalue weighted by Crippen LogP contribution is -2.48. The van der Waals surface area contributed by atoms with Gasteiger partial charge in [0.15, 0.2) is 11.5 Å². The monoisotopic (exact) mass is 295 g/mol. The van der Waals surface area contributed by atoms with Crippen LogP contribution in [0, 0.1) is 0 Å². The molecule has 21 heavy (non-hydrogen) atoms. The van der Waals surface area contributed by atoms with E-state index in [2.05, 4.69) is 5.32 Å². The third kappa shape index (κ3) is 3.88. The zero-order valence-electron chi connectivity index (χ0n) is 13.5. The van der Waals surface area contributed by atoms with E-state index in [4.69, 9.17) is 14.2 Å². The lowest BCUT2D eigenvalue weighted by molar-refractivity contribution is -0.151. The van der Waals surface area contributed by atoms with Crippen LogP contribution in [0.15, 0.2) is 18.2 Å². The van der Waals surface area contributed by atoms with Crippen LogP contribution in [0.1, 0.15) is 32.8 Å². The fourth-order valence-electron chi connectivity index (χ4n) is 2.09. The molecular formula is C16H25NO4. The Morgan fingerprint density at radius 3 is 2.38 bits per heavy atom. The van der Waals surface area contributed by atoms with E-state index < -0.39 is 5.54 Å². The van der Waals surface area contributed by atoms with Crippen molar-refractivity contribution < 1.29 is 19.0 Å². The minimum absolute atomic E-state index is 0.300. The molecule has 0 radical (unpaired) electrons. The zero-order chi connectivity index (χ0) is 15.9. The maximum atomic E-state index is 12.4. The summed E-state index contributed by atoms with van der Waals surface area (Å²) < 4.78 is 15.8. The van der Waals surface area contributed by atoms with Crippen LogP contribution in [0.5, 0.6) is 11.5 Å². The molecule has 0 saturated heterocycles. The molecule has 0 aliphatic rings. The number of carbonyl (C=O) groups is 1. The zero-order valence-corrected chi connectivity index (χ0v) is 13.5. The Morgan fingerprint density at radius 1 is 1.19 bits per heavy atom. The van der Waals surface area contributed by atoms with Crippen molar-refractivity contribution in [2.75, 3.05) is 27.4 Å². The number of ether oxygens (including phenoxy) is 3. The van der Waals surface area contributed by atoms with Crippen LogP contribution < -0.4 is 14.8 Å². The molecule has 1 unspecified atom stereocenters. The lowest BCUT2D eigenvalue weighted by Gasteiger charge is -2.29. The largest absolute Gasteiger partial charge is 0.493 e. The highest BCUT2D eigenvalue weighted by Gasteiger charge is 2.36. The average Bonchev–Trinajstić information content (AvgIpc) is 2.51. The Morgan fingerprint density at radius 2 is 1.86 bits per heavy atom. The van der Waals surface area contributed by atoms with E-state index in [0.717, 1.165) is 12.0 Å². The molecule has 0 aliphatic carbocycles. The van der Waals surface area contributed by atoms with Crippen LogP contribution in [0.4, 0.5) is 0 Å². The quantitative estimate of drug-likeness (QED) is 0.747. The van der Waals surface area contributed by atoms with Crippen LogP contribution in [0.2, 0.25) is 0 Å². The fourth-order valence-corrected chi connectivity index (χ4v) is 2.09. The van der Waals surface area contributed by atoms with E-state index >= 15 is 0 Å². The topological polar surface area (TPSA) is 56.8 Å². The third-order valence-corrected chi connectivity index (χ3v) is 3.37. The molecule has 5 heteroatoms. The van der Waals surface area contributed by atoms with Gasteiger partial charge in [0, 0.05) is 0 Å². The van der Waals surface area contributed by atoms with Crippen molar-refractivity contribution in [1.82, 2.24) is 5.32 Å². The molecule has 1 N–H and O–H groups in total. The number of methoxy groups -OCH3 is 2. The molecule has 0 heterocycles. The predicted octanol–water partition coefficient (Wildman–Crippen LogP) is 2.48. The van der Waals surface area contributed by atoms with E-state index in [-0.39, 0.29) is 5.97 Å². The van der Waals surface area contributed by atoms with Gasteiger partial charge in [0.1, 0.15) is 5.54 Å². The second-order valence-corrected chi connectivity index (χ2v) is 4.84. The van der Waals surface area contributed by atoms with Crippen LogP contribution in [-0.4, -0.2) is 33.3 Å². The third-order valence-electron chi connectivity index (χ3n) is 3.37. The molecule has 5 nitrogen and oxygen atoms in total. The molecule has 1 aromatic carbocycles. The molecule has 1 rings (SSSR count). The summed E-state index contributed by atoms with van der Waals surface area (Å²) in [4.78, 5) is 12.4. The van der Waals surface area contributed by atoms with E-state index in [1.54, 1.807) is 33.3 Å². The Kier molecular flexibility index (Phi) is 6.49. The van der Waals surface area contributed by atoms with Gasteiger partial charge >= 0.3 is 5.97 Å². The molecule has 118 valence electrons. The van der Waals surface area contributed by atoms with E-state index in [9.17, 15) is 4.79 Å². The first kappa shape index (κ1) is 17.3. The van der Waals surface area contributed by atoms with Gasteiger partial charge in [0.25, 0.3) is 0 Å². The summed E-state index contributed by atoms with van der Waals surface area (Å²) in [7, 11) is 3.15. The van der Waals surface area contributed by atoms with Crippen molar-refractivity contribution in [2.24, 2.45) is 0 Å².